The molecule has 0 aromatic heterocycles. The van der Waals surface area contributed by atoms with Crippen LogP contribution in [0.15, 0.2) is 42.5 Å². The maximum atomic E-state index is 13.5. The van der Waals surface area contributed by atoms with Gasteiger partial charge in [0, 0.05) is 31.5 Å². The number of ketones is 1. The normalized spacial score (nSPS) is 16.8. The molecule has 1 aliphatic heterocycles. The summed E-state index contributed by atoms with van der Waals surface area (Å²) in [5.41, 5.74) is 0.459. The molecule has 1 aromatic carbocycles. The molecule has 248 valence electrons. The number of alkyl carbamates (subject to hydrolysis) is 1. The highest BCUT2D eigenvalue weighted by molar-refractivity contribution is 5.92. The lowest BCUT2D eigenvalue weighted by molar-refractivity contribution is -0.131. The third kappa shape index (κ3) is 14.9. The van der Waals surface area contributed by atoms with Crippen LogP contribution < -0.4 is 26.6 Å². The first kappa shape index (κ1) is 37.0. The lowest BCUT2D eigenvalue weighted by atomic mass is 9.92. The summed E-state index contributed by atoms with van der Waals surface area (Å²) in [5, 5.41) is 13.6. The van der Waals surface area contributed by atoms with Gasteiger partial charge in [0.15, 0.2) is 5.78 Å². The van der Waals surface area contributed by atoms with Crippen molar-refractivity contribution in [1.82, 2.24) is 26.6 Å². The largest absolute Gasteiger partial charge is 0.445 e. The number of carbonyl (C=O) groups excluding carboxylic acids is 6. The number of carbonyl (C=O) groups is 6. The summed E-state index contributed by atoms with van der Waals surface area (Å²) in [5.74, 6) is -2.13. The van der Waals surface area contributed by atoms with Crippen LogP contribution in [0, 0.1) is 17.3 Å². The number of rotatable bonds is 16. The van der Waals surface area contributed by atoms with Crippen molar-refractivity contribution >= 4 is 35.5 Å². The van der Waals surface area contributed by atoms with E-state index in [1.54, 1.807) is 30.3 Å². The van der Waals surface area contributed by atoms with Crippen molar-refractivity contribution in [3.63, 3.8) is 0 Å². The van der Waals surface area contributed by atoms with E-state index in [1.165, 1.54) is 13.0 Å². The molecular formula is C33H49N5O7. The Morgan fingerprint density at radius 1 is 1.00 bits per heavy atom. The number of hydrogen-bond acceptors (Lipinski definition) is 7. The fourth-order valence-corrected chi connectivity index (χ4v) is 4.75. The number of hydrogen-bond donors (Lipinski definition) is 5. The van der Waals surface area contributed by atoms with Crippen LogP contribution in [0.3, 0.4) is 0 Å². The first-order valence-corrected chi connectivity index (χ1v) is 15.4. The lowest BCUT2D eigenvalue weighted by Crippen LogP contribution is -2.58. The van der Waals surface area contributed by atoms with Crippen LogP contribution in [-0.2, 0) is 35.3 Å². The van der Waals surface area contributed by atoms with E-state index < -0.39 is 36.0 Å². The number of amides is 5. The van der Waals surface area contributed by atoms with Crippen molar-refractivity contribution in [2.45, 2.75) is 92.0 Å². The molecular weight excluding hydrogens is 578 g/mol. The van der Waals surface area contributed by atoms with Gasteiger partial charge in [-0.3, -0.25) is 24.0 Å². The molecule has 1 heterocycles. The molecule has 1 saturated heterocycles. The summed E-state index contributed by atoms with van der Waals surface area (Å²) in [4.78, 5) is 76.1. The summed E-state index contributed by atoms with van der Waals surface area (Å²) in [6.45, 7) is 11.2. The highest BCUT2D eigenvalue weighted by Crippen LogP contribution is 2.18. The lowest BCUT2D eigenvalue weighted by Gasteiger charge is -2.26. The average Bonchev–Trinajstić information content (AvgIpc) is 3.35. The molecule has 1 fully saturated rings. The molecule has 1 aliphatic rings. The van der Waals surface area contributed by atoms with Crippen LogP contribution in [0.2, 0.25) is 0 Å². The van der Waals surface area contributed by atoms with Gasteiger partial charge in [0.05, 0.1) is 0 Å². The Bertz CT molecular complexity index is 1210. The Labute approximate surface area is 265 Å². The Morgan fingerprint density at radius 3 is 2.24 bits per heavy atom. The van der Waals surface area contributed by atoms with E-state index >= 15 is 0 Å². The van der Waals surface area contributed by atoms with Crippen LogP contribution in [-0.4, -0.2) is 66.7 Å². The highest BCUT2D eigenvalue weighted by Gasteiger charge is 2.31. The monoisotopic (exact) mass is 627 g/mol. The molecule has 0 radical (unpaired) electrons. The minimum absolute atomic E-state index is 0.00149. The Morgan fingerprint density at radius 2 is 1.67 bits per heavy atom. The number of ether oxygens (including phenoxy) is 1. The maximum Gasteiger partial charge on any atom is 0.408 e. The molecule has 4 atom stereocenters. The highest BCUT2D eigenvalue weighted by atomic mass is 16.5. The van der Waals surface area contributed by atoms with Gasteiger partial charge in [-0.2, -0.15) is 0 Å². The molecule has 0 spiro atoms. The number of nitrogens with one attached hydrogen (secondary N) is 5. The molecule has 0 saturated carbocycles. The van der Waals surface area contributed by atoms with Gasteiger partial charge in [-0.1, -0.05) is 71.0 Å². The van der Waals surface area contributed by atoms with E-state index in [9.17, 15) is 28.8 Å². The van der Waals surface area contributed by atoms with Crippen LogP contribution in [0.5, 0.6) is 0 Å². The van der Waals surface area contributed by atoms with E-state index in [2.05, 4.69) is 26.6 Å². The molecule has 5 N–H and O–H groups in total. The third-order valence-electron chi connectivity index (χ3n) is 6.95. The van der Waals surface area contributed by atoms with E-state index in [4.69, 9.17) is 4.74 Å². The first-order chi connectivity index (χ1) is 21.1. The van der Waals surface area contributed by atoms with Crippen molar-refractivity contribution in [1.29, 1.82) is 0 Å². The number of allylic oxidation sites excluding steroid dienone is 1. The van der Waals surface area contributed by atoms with Crippen LogP contribution >= 0.6 is 0 Å². The van der Waals surface area contributed by atoms with E-state index in [-0.39, 0.29) is 60.8 Å². The van der Waals surface area contributed by atoms with Crippen molar-refractivity contribution in [3.05, 3.63) is 48.0 Å². The van der Waals surface area contributed by atoms with Crippen LogP contribution in [0.1, 0.15) is 72.8 Å². The van der Waals surface area contributed by atoms with Gasteiger partial charge in [-0.25, -0.2) is 4.79 Å². The first-order valence-electron chi connectivity index (χ1n) is 15.4. The predicted octanol–water partition coefficient (Wildman–Crippen LogP) is 2.52. The third-order valence-corrected chi connectivity index (χ3v) is 6.95. The Hall–Kier alpha value is -4.22. The second-order valence-corrected chi connectivity index (χ2v) is 13.1. The minimum Gasteiger partial charge on any atom is -0.445 e. The van der Waals surface area contributed by atoms with E-state index in [0.717, 1.165) is 5.56 Å². The van der Waals surface area contributed by atoms with Gasteiger partial charge < -0.3 is 31.3 Å². The average molecular weight is 628 g/mol. The minimum atomic E-state index is -1.24. The van der Waals surface area contributed by atoms with E-state index in [0.29, 0.717) is 19.4 Å². The fraction of sp³-hybridized carbons (Fsp3) is 0.576. The zero-order valence-electron chi connectivity index (χ0n) is 27.2. The Balaban J connectivity index is 2.18. The zero-order valence-corrected chi connectivity index (χ0v) is 27.2. The van der Waals surface area contributed by atoms with Gasteiger partial charge in [0.25, 0.3) is 0 Å². The van der Waals surface area contributed by atoms with Crippen LogP contribution in [0.25, 0.3) is 0 Å². The standard InChI is InChI=1S/C33H49N5O7/c1-21(2)16-26(30(42)36-25(13-12-22(3)39)17-24-14-15-34-29(24)41)37-31(43)27(19-35-28(40)18-33(4,5)6)38-32(44)45-20-23-10-8-7-9-11-23/h7-13,21,24-27H,14-20H2,1-6H3,(H,34,41)(H,35,40)(H,36,42)(H,37,43)(H,38,44)/b13-12+/t24-,25+,26-,27-/m0/s1. The summed E-state index contributed by atoms with van der Waals surface area (Å²) < 4.78 is 5.29. The summed E-state index contributed by atoms with van der Waals surface area (Å²) in [6, 6.07) is 6.16. The molecule has 2 rings (SSSR count). The number of benzene rings is 1. The molecule has 0 bridgehead atoms. The second-order valence-electron chi connectivity index (χ2n) is 13.1. The van der Waals surface area contributed by atoms with Crippen molar-refractivity contribution < 1.29 is 33.5 Å². The van der Waals surface area contributed by atoms with Crippen molar-refractivity contribution in [2.24, 2.45) is 17.3 Å². The van der Waals surface area contributed by atoms with E-state index in [1.807, 2.05) is 40.7 Å². The molecule has 12 nitrogen and oxygen atoms in total. The molecule has 12 heteroatoms. The zero-order chi connectivity index (χ0) is 33.6. The summed E-state index contributed by atoms with van der Waals surface area (Å²) >= 11 is 0. The Kier molecular flexibility index (Phi) is 14.7. The van der Waals surface area contributed by atoms with Gasteiger partial charge >= 0.3 is 6.09 Å². The topological polar surface area (TPSA) is 172 Å². The molecule has 0 unspecified atom stereocenters. The molecule has 1 aromatic rings. The second kappa shape index (κ2) is 17.9. The SMILES string of the molecule is CC(=O)/C=C/[C@H](C[C@@H]1CCNC1=O)NC(=O)[C@H](CC(C)C)NC(=O)[C@H](CNC(=O)CC(C)(C)C)NC(=O)OCc1ccccc1. The van der Waals surface area contributed by atoms with Gasteiger partial charge in [0.2, 0.25) is 23.6 Å². The van der Waals surface area contributed by atoms with Crippen LogP contribution in [0.4, 0.5) is 4.79 Å². The van der Waals surface area contributed by atoms with Crippen molar-refractivity contribution in [2.75, 3.05) is 13.1 Å². The molecule has 0 aliphatic carbocycles. The quantitative estimate of drug-likeness (QED) is 0.175. The van der Waals surface area contributed by atoms with Gasteiger partial charge in [-0.05, 0) is 49.2 Å². The smallest absolute Gasteiger partial charge is 0.408 e. The van der Waals surface area contributed by atoms with Gasteiger partial charge in [0.1, 0.15) is 18.7 Å². The predicted molar refractivity (Wildman–Crippen MR) is 170 cm³/mol. The molecule has 45 heavy (non-hydrogen) atoms. The fourth-order valence-electron chi connectivity index (χ4n) is 4.75. The summed E-state index contributed by atoms with van der Waals surface area (Å²) in [6.07, 6.45) is 3.41. The summed E-state index contributed by atoms with van der Waals surface area (Å²) in [7, 11) is 0. The molecule has 5 amide bonds. The van der Waals surface area contributed by atoms with Crippen molar-refractivity contribution in [3.8, 4) is 0 Å². The van der Waals surface area contributed by atoms with Gasteiger partial charge in [-0.15, -0.1) is 0 Å². The maximum absolute atomic E-state index is 13.5.